The minimum absolute atomic E-state index is 0.0908. The fourth-order valence-corrected chi connectivity index (χ4v) is 2.21. The molecule has 0 bridgehead atoms. The van der Waals surface area contributed by atoms with Crippen molar-refractivity contribution in [1.29, 1.82) is 0 Å². The van der Waals surface area contributed by atoms with Gasteiger partial charge in [-0.2, -0.15) is 0 Å². The molecule has 0 saturated carbocycles. The van der Waals surface area contributed by atoms with Crippen LogP contribution in [-0.4, -0.2) is 54.0 Å². The molecule has 1 rings (SSSR count). The molecule has 22 heavy (non-hydrogen) atoms. The summed E-state index contributed by atoms with van der Waals surface area (Å²) < 4.78 is 34.3. The summed E-state index contributed by atoms with van der Waals surface area (Å²) in [6.45, 7) is 2.14. The number of methoxy groups -OCH3 is 1. The Kier molecular flexibility index (Phi) is 6.63. The predicted molar refractivity (Wildman–Crippen MR) is 84.7 cm³/mol. The highest BCUT2D eigenvalue weighted by molar-refractivity contribution is 7.92. The maximum atomic E-state index is 11.6. The van der Waals surface area contributed by atoms with Crippen molar-refractivity contribution in [3.05, 3.63) is 24.3 Å². The summed E-state index contributed by atoms with van der Waals surface area (Å²) in [5.41, 5.74) is 0.521. The fraction of sp³-hybridized carbons (Fsp3) is 0.500. The molecule has 1 amide bonds. The summed E-state index contributed by atoms with van der Waals surface area (Å²) in [6, 6.07) is 6.36. The smallest absolute Gasteiger partial charge is 0.258 e. The van der Waals surface area contributed by atoms with Crippen LogP contribution >= 0.6 is 0 Å². The van der Waals surface area contributed by atoms with E-state index in [0.29, 0.717) is 18.0 Å². The first-order valence-corrected chi connectivity index (χ1v) is 8.54. The molecule has 1 atom stereocenters. The second-order valence-electron chi connectivity index (χ2n) is 4.94. The van der Waals surface area contributed by atoms with Crippen molar-refractivity contribution in [3.8, 4) is 5.75 Å². The van der Waals surface area contributed by atoms with E-state index in [4.69, 9.17) is 9.47 Å². The van der Waals surface area contributed by atoms with Gasteiger partial charge in [-0.3, -0.25) is 9.10 Å². The number of nitrogens with zero attached hydrogens (tertiary/aromatic N) is 1. The number of carbonyl (C=O) groups excluding carboxylic acids is 1. The first-order chi connectivity index (χ1) is 10.2. The number of ether oxygens (including phenoxy) is 2. The number of rotatable bonds is 8. The van der Waals surface area contributed by atoms with Gasteiger partial charge in [0.25, 0.3) is 5.91 Å². The van der Waals surface area contributed by atoms with Crippen LogP contribution in [0.25, 0.3) is 0 Å². The fourth-order valence-electron chi connectivity index (χ4n) is 1.70. The van der Waals surface area contributed by atoms with Crippen molar-refractivity contribution >= 4 is 21.6 Å². The molecule has 7 nitrogen and oxygen atoms in total. The molecule has 1 aromatic rings. The second kappa shape index (κ2) is 8.00. The SMILES string of the molecule is COCC(C)NC(=O)COc1ccc(N(C)S(C)(=O)=O)cc1. The zero-order valence-corrected chi connectivity index (χ0v) is 14.0. The van der Waals surface area contributed by atoms with Crippen LogP contribution < -0.4 is 14.4 Å². The van der Waals surface area contributed by atoms with Crippen molar-refractivity contribution in [2.45, 2.75) is 13.0 Å². The van der Waals surface area contributed by atoms with Gasteiger partial charge in [-0.05, 0) is 31.2 Å². The van der Waals surface area contributed by atoms with E-state index in [1.54, 1.807) is 31.4 Å². The summed E-state index contributed by atoms with van der Waals surface area (Å²) in [7, 11) is -0.265. The Hall–Kier alpha value is -1.80. The molecule has 1 N–H and O–H groups in total. The molecule has 0 fully saturated rings. The Morgan fingerprint density at radius 3 is 2.41 bits per heavy atom. The molecule has 0 aliphatic heterocycles. The monoisotopic (exact) mass is 330 g/mol. The lowest BCUT2D eigenvalue weighted by Crippen LogP contribution is -2.38. The van der Waals surface area contributed by atoms with Crippen LogP contribution in [0.5, 0.6) is 5.75 Å². The number of anilines is 1. The van der Waals surface area contributed by atoms with Gasteiger partial charge < -0.3 is 14.8 Å². The molecule has 0 radical (unpaired) electrons. The minimum Gasteiger partial charge on any atom is -0.484 e. The van der Waals surface area contributed by atoms with E-state index in [-0.39, 0.29) is 18.6 Å². The van der Waals surface area contributed by atoms with E-state index in [0.717, 1.165) is 10.6 Å². The van der Waals surface area contributed by atoms with Crippen molar-refractivity contribution in [3.63, 3.8) is 0 Å². The maximum Gasteiger partial charge on any atom is 0.258 e. The van der Waals surface area contributed by atoms with Crippen LogP contribution in [-0.2, 0) is 19.6 Å². The van der Waals surface area contributed by atoms with Gasteiger partial charge in [0.1, 0.15) is 5.75 Å². The highest BCUT2D eigenvalue weighted by Crippen LogP contribution is 2.20. The van der Waals surface area contributed by atoms with Crippen molar-refractivity contribution in [2.75, 3.05) is 37.9 Å². The summed E-state index contributed by atoms with van der Waals surface area (Å²) in [4.78, 5) is 11.6. The number of benzene rings is 1. The molecule has 0 aromatic heterocycles. The first kappa shape index (κ1) is 18.2. The van der Waals surface area contributed by atoms with Gasteiger partial charge in [-0.15, -0.1) is 0 Å². The lowest BCUT2D eigenvalue weighted by Gasteiger charge is -2.17. The van der Waals surface area contributed by atoms with Gasteiger partial charge in [-0.1, -0.05) is 0 Å². The Labute approximate surface area is 131 Å². The highest BCUT2D eigenvalue weighted by Gasteiger charge is 2.12. The summed E-state index contributed by atoms with van der Waals surface area (Å²) in [5.74, 6) is 0.238. The molecular weight excluding hydrogens is 308 g/mol. The molecule has 0 aliphatic carbocycles. The zero-order valence-electron chi connectivity index (χ0n) is 13.2. The number of carbonyl (C=O) groups is 1. The summed E-state index contributed by atoms with van der Waals surface area (Å²) in [6.07, 6.45) is 1.13. The molecule has 0 saturated heterocycles. The van der Waals surface area contributed by atoms with Gasteiger partial charge in [0.2, 0.25) is 10.0 Å². The van der Waals surface area contributed by atoms with Crippen LogP contribution in [0.2, 0.25) is 0 Å². The third kappa shape index (κ3) is 5.90. The van der Waals surface area contributed by atoms with Gasteiger partial charge in [0, 0.05) is 20.2 Å². The number of amides is 1. The molecule has 0 heterocycles. The van der Waals surface area contributed by atoms with E-state index in [9.17, 15) is 13.2 Å². The Morgan fingerprint density at radius 1 is 1.32 bits per heavy atom. The predicted octanol–water partition coefficient (Wildman–Crippen LogP) is 0.612. The third-order valence-electron chi connectivity index (χ3n) is 2.89. The first-order valence-electron chi connectivity index (χ1n) is 6.69. The van der Waals surface area contributed by atoms with Gasteiger partial charge in [0.05, 0.1) is 18.6 Å². The lowest BCUT2D eigenvalue weighted by atomic mass is 10.3. The number of hydrogen-bond donors (Lipinski definition) is 1. The molecular formula is C14H22N2O5S. The average molecular weight is 330 g/mol. The maximum absolute atomic E-state index is 11.6. The quantitative estimate of drug-likeness (QED) is 0.755. The van der Waals surface area contributed by atoms with E-state index < -0.39 is 10.0 Å². The molecule has 1 aromatic carbocycles. The summed E-state index contributed by atoms with van der Waals surface area (Å²) >= 11 is 0. The molecule has 1 unspecified atom stereocenters. The van der Waals surface area contributed by atoms with Crippen molar-refractivity contribution in [2.24, 2.45) is 0 Å². The third-order valence-corrected chi connectivity index (χ3v) is 4.10. The van der Waals surface area contributed by atoms with Crippen LogP contribution in [0.15, 0.2) is 24.3 Å². The molecule has 8 heteroatoms. The summed E-state index contributed by atoms with van der Waals surface area (Å²) in [5, 5.41) is 2.72. The van der Waals surface area contributed by atoms with Crippen LogP contribution in [0.1, 0.15) is 6.92 Å². The highest BCUT2D eigenvalue weighted by atomic mass is 32.2. The van der Waals surface area contributed by atoms with Crippen LogP contribution in [0, 0.1) is 0 Å². The van der Waals surface area contributed by atoms with E-state index in [2.05, 4.69) is 5.32 Å². The zero-order chi connectivity index (χ0) is 16.8. The van der Waals surface area contributed by atoms with E-state index in [1.165, 1.54) is 7.05 Å². The second-order valence-corrected chi connectivity index (χ2v) is 6.95. The lowest BCUT2D eigenvalue weighted by molar-refractivity contribution is -0.124. The largest absolute Gasteiger partial charge is 0.484 e. The average Bonchev–Trinajstić information content (AvgIpc) is 2.44. The number of sulfonamides is 1. The van der Waals surface area contributed by atoms with Gasteiger partial charge in [-0.25, -0.2) is 8.42 Å². The molecule has 124 valence electrons. The van der Waals surface area contributed by atoms with E-state index >= 15 is 0 Å². The number of nitrogens with one attached hydrogen (secondary N) is 1. The topological polar surface area (TPSA) is 84.9 Å². The van der Waals surface area contributed by atoms with Crippen LogP contribution in [0.3, 0.4) is 0 Å². The van der Waals surface area contributed by atoms with Gasteiger partial charge >= 0.3 is 0 Å². The Morgan fingerprint density at radius 2 is 1.91 bits per heavy atom. The van der Waals surface area contributed by atoms with Crippen molar-refractivity contribution in [1.82, 2.24) is 5.32 Å². The Bertz CT molecular complexity index is 586. The molecule has 0 spiro atoms. The van der Waals surface area contributed by atoms with Crippen LogP contribution in [0.4, 0.5) is 5.69 Å². The minimum atomic E-state index is -3.30. The van der Waals surface area contributed by atoms with E-state index in [1.807, 2.05) is 6.92 Å². The molecule has 0 aliphatic rings. The van der Waals surface area contributed by atoms with Crippen molar-refractivity contribution < 1.29 is 22.7 Å². The number of hydrogen-bond acceptors (Lipinski definition) is 5. The Balaban J connectivity index is 2.53. The normalized spacial score (nSPS) is 12.5. The standard InChI is InChI=1S/C14H22N2O5S/c1-11(9-20-3)15-14(17)10-21-13-7-5-12(6-8-13)16(2)22(4,18)19/h5-8,11H,9-10H2,1-4H3,(H,15,17). The van der Waals surface area contributed by atoms with Gasteiger partial charge in [0.15, 0.2) is 6.61 Å².